The monoisotopic (exact) mass is 334 g/mol. The van der Waals surface area contributed by atoms with Crippen LogP contribution in [-0.4, -0.2) is 23.1 Å². The highest BCUT2D eigenvalue weighted by Gasteiger charge is 2.38. The zero-order chi connectivity index (χ0) is 17.5. The van der Waals surface area contributed by atoms with Crippen LogP contribution >= 0.6 is 0 Å². The van der Waals surface area contributed by atoms with Gasteiger partial charge in [-0.1, -0.05) is 18.2 Å². The molecule has 0 radical (unpaired) electrons. The molecule has 1 aliphatic heterocycles. The number of aromatic nitrogens is 1. The summed E-state index contributed by atoms with van der Waals surface area (Å²) in [4.78, 5) is 16.5. The van der Waals surface area contributed by atoms with Crippen molar-refractivity contribution in [3.8, 4) is 23.8 Å². The molecule has 0 fully saturated rings. The summed E-state index contributed by atoms with van der Waals surface area (Å²) < 4.78 is 5.78. The summed E-state index contributed by atoms with van der Waals surface area (Å²) in [6.45, 7) is 0.454. The van der Waals surface area contributed by atoms with Crippen molar-refractivity contribution < 1.29 is 9.53 Å². The van der Waals surface area contributed by atoms with Crippen LogP contribution in [0.15, 0.2) is 59.0 Å². The third kappa shape index (κ3) is 4.42. The van der Waals surface area contributed by atoms with Crippen molar-refractivity contribution in [2.45, 2.75) is 24.9 Å². The molecule has 0 unspecified atom stereocenters. The molecule has 1 aromatic heterocycles. The fraction of sp³-hybridized carbons (Fsp3) is 0.263. The van der Waals surface area contributed by atoms with Gasteiger partial charge in [-0.3, -0.25) is 9.78 Å². The van der Waals surface area contributed by atoms with E-state index in [4.69, 9.17) is 11.2 Å². The number of nitrogens with zero attached hydrogens (tertiary/aromatic N) is 3. The number of amides is 1. The van der Waals surface area contributed by atoms with Gasteiger partial charge < -0.3 is 10.1 Å². The van der Waals surface area contributed by atoms with E-state index in [9.17, 15) is 4.79 Å². The van der Waals surface area contributed by atoms with Gasteiger partial charge in [0.15, 0.2) is 5.66 Å². The molecule has 1 N–H and O–H groups in total. The molecule has 0 spiro atoms. The van der Waals surface area contributed by atoms with Gasteiger partial charge >= 0.3 is 0 Å². The zero-order valence-corrected chi connectivity index (χ0v) is 13.7. The van der Waals surface area contributed by atoms with Gasteiger partial charge in [0.25, 0.3) is 5.91 Å². The lowest BCUT2D eigenvalue weighted by Gasteiger charge is -2.12. The SMILES string of the molecule is C#CCCC1(CCNC(=O)c2cnccc2Oc2ccccc2)N=N1. The number of hydrogen-bond acceptors (Lipinski definition) is 5. The molecule has 0 atom stereocenters. The highest BCUT2D eigenvalue weighted by molar-refractivity contribution is 5.96. The van der Waals surface area contributed by atoms with E-state index in [1.807, 2.05) is 30.3 Å². The molecular weight excluding hydrogens is 316 g/mol. The van der Waals surface area contributed by atoms with E-state index >= 15 is 0 Å². The Morgan fingerprint density at radius 1 is 1.20 bits per heavy atom. The second kappa shape index (κ2) is 7.58. The van der Waals surface area contributed by atoms with Crippen LogP contribution in [0.4, 0.5) is 0 Å². The molecule has 25 heavy (non-hydrogen) atoms. The second-order valence-electron chi connectivity index (χ2n) is 5.68. The van der Waals surface area contributed by atoms with Gasteiger partial charge in [0, 0.05) is 38.2 Å². The Morgan fingerprint density at radius 3 is 2.72 bits per heavy atom. The number of rotatable bonds is 8. The molecule has 3 rings (SSSR count). The summed E-state index contributed by atoms with van der Waals surface area (Å²) >= 11 is 0. The minimum Gasteiger partial charge on any atom is -0.456 e. The van der Waals surface area contributed by atoms with Crippen LogP contribution in [0, 0.1) is 12.3 Å². The standard InChI is InChI=1S/C19H18N4O2/c1-2-3-10-19(22-23-19)11-13-21-18(24)16-14-20-12-9-17(16)25-15-7-5-4-6-8-15/h1,4-9,12,14H,3,10-11,13H2,(H,21,24). The van der Waals surface area contributed by atoms with Gasteiger partial charge in [0.05, 0.1) is 0 Å². The van der Waals surface area contributed by atoms with Gasteiger partial charge in [0.1, 0.15) is 17.1 Å². The van der Waals surface area contributed by atoms with E-state index in [-0.39, 0.29) is 5.91 Å². The molecule has 2 heterocycles. The van der Waals surface area contributed by atoms with Crippen LogP contribution in [0.1, 0.15) is 29.6 Å². The maximum absolute atomic E-state index is 12.5. The maximum Gasteiger partial charge on any atom is 0.256 e. The first-order valence-corrected chi connectivity index (χ1v) is 8.05. The lowest BCUT2D eigenvalue weighted by Crippen LogP contribution is -2.28. The Morgan fingerprint density at radius 2 is 2.00 bits per heavy atom. The predicted octanol–water partition coefficient (Wildman–Crippen LogP) is 3.57. The fourth-order valence-corrected chi connectivity index (χ4v) is 2.40. The van der Waals surface area contributed by atoms with Crippen LogP contribution in [-0.2, 0) is 0 Å². The van der Waals surface area contributed by atoms with Crippen molar-refractivity contribution in [2.24, 2.45) is 10.2 Å². The number of benzene rings is 1. The molecule has 6 nitrogen and oxygen atoms in total. The topological polar surface area (TPSA) is 75.9 Å². The normalized spacial score (nSPS) is 13.7. The lowest BCUT2D eigenvalue weighted by molar-refractivity contribution is 0.0949. The summed E-state index contributed by atoms with van der Waals surface area (Å²) in [5, 5.41) is 11.0. The largest absolute Gasteiger partial charge is 0.456 e. The van der Waals surface area contributed by atoms with Crippen LogP contribution in [0.5, 0.6) is 11.5 Å². The Balaban J connectivity index is 1.58. The van der Waals surface area contributed by atoms with Crippen LogP contribution in [0.2, 0.25) is 0 Å². The number of carbonyl (C=O) groups is 1. The molecular formula is C19H18N4O2. The minimum atomic E-state index is -0.405. The number of nitrogens with one attached hydrogen (secondary N) is 1. The summed E-state index contributed by atoms with van der Waals surface area (Å²) in [5.41, 5.74) is -0.0217. The summed E-state index contributed by atoms with van der Waals surface area (Å²) in [7, 11) is 0. The van der Waals surface area contributed by atoms with Crippen molar-refractivity contribution in [1.29, 1.82) is 0 Å². The number of terminal acetylenes is 1. The zero-order valence-electron chi connectivity index (χ0n) is 13.7. The van der Waals surface area contributed by atoms with E-state index in [2.05, 4.69) is 26.4 Å². The molecule has 2 aromatic rings. The van der Waals surface area contributed by atoms with Gasteiger partial charge in [-0.05, 0) is 18.2 Å². The predicted molar refractivity (Wildman–Crippen MR) is 93.4 cm³/mol. The van der Waals surface area contributed by atoms with Crippen molar-refractivity contribution >= 4 is 5.91 Å². The molecule has 1 aliphatic rings. The van der Waals surface area contributed by atoms with Gasteiger partial charge in [-0.25, -0.2) is 0 Å². The average molecular weight is 334 g/mol. The number of ether oxygens (including phenoxy) is 1. The molecule has 6 heteroatoms. The fourth-order valence-electron chi connectivity index (χ4n) is 2.40. The number of pyridine rings is 1. The van der Waals surface area contributed by atoms with Crippen LogP contribution < -0.4 is 10.1 Å². The van der Waals surface area contributed by atoms with Crippen LogP contribution in [0.25, 0.3) is 0 Å². The lowest BCUT2D eigenvalue weighted by atomic mass is 10.0. The van der Waals surface area contributed by atoms with Crippen molar-refractivity contribution in [3.63, 3.8) is 0 Å². The Labute approximate surface area is 146 Å². The second-order valence-corrected chi connectivity index (χ2v) is 5.68. The van der Waals surface area contributed by atoms with Crippen LogP contribution in [0.3, 0.4) is 0 Å². The molecule has 0 saturated carbocycles. The van der Waals surface area contributed by atoms with E-state index in [1.54, 1.807) is 12.3 Å². The smallest absolute Gasteiger partial charge is 0.256 e. The molecule has 0 aliphatic carbocycles. The quantitative estimate of drug-likeness (QED) is 0.750. The Kier molecular flexibility index (Phi) is 5.05. The van der Waals surface area contributed by atoms with Gasteiger partial charge in [-0.15, -0.1) is 12.3 Å². The number of para-hydroxylation sites is 1. The Hall–Kier alpha value is -3.20. The number of hydrogen-bond donors (Lipinski definition) is 1. The highest BCUT2D eigenvalue weighted by atomic mass is 16.5. The molecule has 0 bridgehead atoms. The minimum absolute atomic E-state index is 0.244. The first-order valence-electron chi connectivity index (χ1n) is 8.05. The van der Waals surface area contributed by atoms with Crippen molar-refractivity contribution in [1.82, 2.24) is 10.3 Å². The first kappa shape index (κ1) is 16.7. The van der Waals surface area contributed by atoms with E-state index in [0.717, 1.165) is 0 Å². The summed E-state index contributed by atoms with van der Waals surface area (Å²) in [6, 6.07) is 11.0. The summed E-state index contributed by atoms with van der Waals surface area (Å²) in [5.74, 6) is 3.46. The Bertz CT molecular complexity index is 806. The third-order valence-electron chi connectivity index (χ3n) is 3.86. The van der Waals surface area contributed by atoms with Gasteiger partial charge in [-0.2, -0.15) is 10.2 Å². The molecule has 126 valence electrons. The summed E-state index contributed by atoms with van der Waals surface area (Å²) in [6.07, 6.45) is 10.3. The molecule has 1 aromatic carbocycles. The first-order chi connectivity index (χ1) is 12.2. The van der Waals surface area contributed by atoms with E-state index in [1.165, 1.54) is 6.20 Å². The molecule has 0 saturated heterocycles. The third-order valence-corrected chi connectivity index (χ3v) is 3.86. The average Bonchev–Trinajstić information content (AvgIpc) is 3.41. The van der Waals surface area contributed by atoms with Crippen molar-refractivity contribution in [2.75, 3.05) is 6.54 Å². The maximum atomic E-state index is 12.5. The van der Waals surface area contributed by atoms with E-state index in [0.29, 0.717) is 42.9 Å². The van der Waals surface area contributed by atoms with Gasteiger partial charge in [0.2, 0.25) is 0 Å². The number of carbonyl (C=O) groups excluding carboxylic acids is 1. The van der Waals surface area contributed by atoms with Crippen molar-refractivity contribution in [3.05, 3.63) is 54.4 Å². The van der Waals surface area contributed by atoms with E-state index < -0.39 is 5.66 Å². The highest BCUT2D eigenvalue weighted by Crippen LogP contribution is 2.36. The molecule has 1 amide bonds.